The van der Waals surface area contributed by atoms with Crippen molar-refractivity contribution < 1.29 is 4.74 Å². The first-order valence-electron chi connectivity index (χ1n) is 6.19. The summed E-state index contributed by atoms with van der Waals surface area (Å²) in [4.78, 5) is 15.0. The standard InChI is InChI=1S/C13H14N4OS/c1-2-17(13-15-6-7-18-13)11-9-16-12(19-11)10-4-3-5-14-8-10/h3-5,8-9H,2,6-7H2,1H3. The Labute approximate surface area is 115 Å². The lowest BCUT2D eigenvalue weighted by atomic mass is 10.3. The van der Waals surface area contributed by atoms with Crippen LogP contribution in [0.15, 0.2) is 35.7 Å². The molecule has 3 rings (SSSR count). The van der Waals surface area contributed by atoms with Gasteiger partial charge in [-0.15, -0.1) is 0 Å². The van der Waals surface area contributed by atoms with Gasteiger partial charge in [-0.25, -0.2) is 9.98 Å². The molecule has 0 aromatic carbocycles. The van der Waals surface area contributed by atoms with Crippen LogP contribution in [-0.2, 0) is 4.74 Å². The molecular formula is C13H14N4OS. The summed E-state index contributed by atoms with van der Waals surface area (Å²) >= 11 is 1.62. The van der Waals surface area contributed by atoms with Crippen LogP contribution >= 0.6 is 11.3 Å². The van der Waals surface area contributed by atoms with E-state index in [4.69, 9.17) is 4.74 Å². The SMILES string of the molecule is CCN(C1=NCCO1)c1cnc(-c2cccnc2)s1. The zero-order chi connectivity index (χ0) is 13.1. The van der Waals surface area contributed by atoms with Crippen molar-refractivity contribution >= 4 is 22.4 Å². The molecule has 0 saturated carbocycles. The lowest BCUT2D eigenvalue weighted by Crippen LogP contribution is -2.30. The van der Waals surface area contributed by atoms with E-state index in [2.05, 4.69) is 21.9 Å². The highest BCUT2D eigenvalue weighted by atomic mass is 32.1. The average molecular weight is 274 g/mol. The largest absolute Gasteiger partial charge is 0.463 e. The number of amidine groups is 1. The summed E-state index contributed by atoms with van der Waals surface area (Å²) in [5, 5.41) is 2.00. The van der Waals surface area contributed by atoms with E-state index in [9.17, 15) is 0 Å². The second-order valence-corrected chi connectivity index (χ2v) is 5.01. The van der Waals surface area contributed by atoms with Gasteiger partial charge in [0.1, 0.15) is 16.6 Å². The Kier molecular flexibility index (Phi) is 3.41. The molecule has 5 nitrogen and oxygen atoms in total. The van der Waals surface area contributed by atoms with Gasteiger partial charge in [0.15, 0.2) is 0 Å². The molecule has 6 heteroatoms. The molecule has 0 fully saturated rings. The van der Waals surface area contributed by atoms with Crippen LogP contribution in [0.2, 0.25) is 0 Å². The third-order valence-electron chi connectivity index (χ3n) is 2.78. The predicted molar refractivity (Wildman–Crippen MR) is 76.6 cm³/mol. The lowest BCUT2D eigenvalue weighted by Gasteiger charge is -2.18. The summed E-state index contributed by atoms with van der Waals surface area (Å²) in [5.74, 6) is 0. The third kappa shape index (κ3) is 2.44. The molecule has 0 spiro atoms. The predicted octanol–water partition coefficient (Wildman–Crippen LogP) is 2.42. The number of hydrogen-bond donors (Lipinski definition) is 0. The van der Waals surface area contributed by atoms with Crippen LogP contribution in [0.5, 0.6) is 0 Å². The first-order chi connectivity index (χ1) is 9.38. The summed E-state index contributed by atoms with van der Waals surface area (Å²) in [7, 11) is 0. The normalized spacial score (nSPS) is 14.1. The summed E-state index contributed by atoms with van der Waals surface area (Å²) in [5.41, 5.74) is 1.03. The number of rotatable bonds is 3. The molecule has 0 N–H and O–H groups in total. The van der Waals surface area contributed by atoms with Gasteiger partial charge in [-0.05, 0) is 19.1 Å². The first-order valence-corrected chi connectivity index (χ1v) is 7.01. The second-order valence-electron chi connectivity index (χ2n) is 4.00. The maximum absolute atomic E-state index is 5.52. The van der Waals surface area contributed by atoms with E-state index in [0.29, 0.717) is 12.6 Å². The Hall–Kier alpha value is -1.95. The maximum atomic E-state index is 5.52. The summed E-state index contributed by atoms with van der Waals surface area (Å²) in [6, 6.07) is 4.62. The van der Waals surface area contributed by atoms with Crippen molar-refractivity contribution in [1.29, 1.82) is 0 Å². The molecule has 19 heavy (non-hydrogen) atoms. The number of aromatic nitrogens is 2. The third-order valence-corrected chi connectivity index (χ3v) is 3.85. The molecule has 0 saturated heterocycles. The van der Waals surface area contributed by atoms with Crippen molar-refractivity contribution in [3.05, 3.63) is 30.7 Å². The molecule has 1 aliphatic rings. The monoisotopic (exact) mass is 274 g/mol. The van der Waals surface area contributed by atoms with Crippen LogP contribution in [0.1, 0.15) is 6.92 Å². The van der Waals surface area contributed by atoms with Gasteiger partial charge < -0.3 is 4.74 Å². The van der Waals surface area contributed by atoms with Crippen molar-refractivity contribution in [2.75, 3.05) is 24.6 Å². The molecule has 0 bridgehead atoms. The van der Waals surface area contributed by atoms with E-state index in [0.717, 1.165) is 28.7 Å². The minimum atomic E-state index is 0.667. The van der Waals surface area contributed by atoms with Crippen molar-refractivity contribution in [3.8, 4) is 10.6 Å². The summed E-state index contributed by atoms with van der Waals surface area (Å²) in [6.07, 6.45) is 5.45. The van der Waals surface area contributed by atoms with Crippen molar-refractivity contribution in [2.45, 2.75) is 6.92 Å². The molecule has 0 atom stereocenters. The van der Waals surface area contributed by atoms with Crippen molar-refractivity contribution in [1.82, 2.24) is 9.97 Å². The topological polar surface area (TPSA) is 50.6 Å². The Morgan fingerprint density at radius 3 is 3.05 bits per heavy atom. The highest BCUT2D eigenvalue weighted by Gasteiger charge is 2.19. The van der Waals surface area contributed by atoms with Crippen LogP contribution in [0.3, 0.4) is 0 Å². The molecule has 0 amide bonds. The number of thiazole rings is 1. The fourth-order valence-electron chi connectivity index (χ4n) is 1.89. The summed E-state index contributed by atoms with van der Waals surface area (Å²) in [6.45, 7) is 4.29. The molecular weight excluding hydrogens is 260 g/mol. The van der Waals surface area contributed by atoms with Gasteiger partial charge >= 0.3 is 0 Å². The molecule has 0 aliphatic carbocycles. The Bertz CT molecular complexity index is 581. The highest BCUT2D eigenvalue weighted by Crippen LogP contribution is 2.31. The number of anilines is 1. The van der Waals surface area contributed by atoms with E-state index in [1.54, 1.807) is 17.5 Å². The minimum absolute atomic E-state index is 0.667. The molecule has 2 aromatic heterocycles. The van der Waals surface area contributed by atoms with Gasteiger partial charge in [0, 0.05) is 24.5 Å². The zero-order valence-corrected chi connectivity index (χ0v) is 11.4. The maximum Gasteiger partial charge on any atom is 0.292 e. The number of pyridine rings is 1. The van der Waals surface area contributed by atoms with Crippen molar-refractivity contribution in [3.63, 3.8) is 0 Å². The smallest absolute Gasteiger partial charge is 0.292 e. The van der Waals surface area contributed by atoms with E-state index in [1.807, 2.05) is 29.4 Å². The van der Waals surface area contributed by atoms with Crippen LogP contribution in [0, 0.1) is 0 Å². The average Bonchev–Trinajstić information content (AvgIpc) is 3.12. The minimum Gasteiger partial charge on any atom is -0.463 e. The van der Waals surface area contributed by atoms with Crippen LogP contribution in [0.25, 0.3) is 10.6 Å². The van der Waals surface area contributed by atoms with Crippen LogP contribution < -0.4 is 4.90 Å². The van der Waals surface area contributed by atoms with E-state index in [-0.39, 0.29) is 0 Å². The van der Waals surface area contributed by atoms with Gasteiger partial charge in [0.05, 0.1) is 12.7 Å². The number of aliphatic imine (C=N–C) groups is 1. The zero-order valence-electron chi connectivity index (χ0n) is 10.6. The van der Waals surface area contributed by atoms with Crippen molar-refractivity contribution in [2.24, 2.45) is 4.99 Å². The molecule has 1 aliphatic heterocycles. The van der Waals surface area contributed by atoms with Gasteiger partial charge in [-0.1, -0.05) is 11.3 Å². The molecule has 98 valence electrons. The van der Waals surface area contributed by atoms with E-state index >= 15 is 0 Å². The number of hydrogen-bond acceptors (Lipinski definition) is 6. The van der Waals surface area contributed by atoms with Crippen LogP contribution in [0.4, 0.5) is 5.00 Å². The van der Waals surface area contributed by atoms with Gasteiger partial charge in [0.25, 0.3) is 6.02 Å². The Morgan fingerprint density at radius 2 is 2.37 bits per heavy atom. The first kappa shape index (κ1) is 12.1. The summed E-state index contributed by atoms with van der Waals surface area (Å²) < 4.78 is 5.52. The van der Waals surface area contributed by atoms with Gasteiger partial charge in [0.2, 0.25) is 0 Å². The Morgan fingerprint density at radius 1 is 1.42 bits per heavy atom. The highest BCUT2D eigenvalue weighted by molar-refractivity contribution is 7.19. The quantitative estimate of drug-likeness (QED) is 0.862. The van der Waals surface area contributed by atoms with Gasteiger partial charge in [-0.3, -0.25) is 9.88 Å². The molecule has 0 radical (unpaired) electrons. The van der Waals surface area contributed by atoms with E-state index < -0.39 is 0 Å². The van der Waals surface area contributed by atoms with Crippen LogP contribution in [-0.4, -0.2) is 35.7 Å². The van der Waals surface area contributed by atoms with Gasteiger partial charge in [-0.2, -0.15) is 0 Å². The molecule has 0 unspecified atom stereocenters. The lowest BCUT2D eigenvalue weighted by molar-refractivity contribution is 0.339. The fraction of sp³-hybridized carbons (Fsp3) is 0.308. The molecule has 2 aromatic rings. The second kappa shape index (κ2) is 5.36. The number of nitrogens with zero attached hydrogens (tertiary/aromatic N) is 4. The number of ether oxygens (including phenoxy) is 1. The Balaban J connectivity index is 1.88. The molecule has 3 heterocycles. The fourth-order valence-corrected chi connectivity index (χ4v) is 2.85. The van der Waals surface area contributed by atoms with E-state index in [1.165, 1.54) is 0 Å².